The van der Waals surface area contributed by atoms with Gasteiger partial charge in [0.05, 0.1) is 0 Å². The number of carbonyl (C=O) groups is 1. The first-order valence-corrected chi connectivity index (χ1v) is 10.6. The first-order valence-electron chi connectivity index (χ1n) is 10.6. The second kappa shape index (κ2) is 7.65. The zero-order chi connectivity index (χ0) is 19.8. The number of hydrogen-bond acceptors (Lipinski definition) is 3. The average Bonchev–Trinajstić information content (AvgIpc) is 3.41. The van der Waals surface area contributed by atoms with E-state index in [4.69, 9.17) is 0 Å². The van der Waals surface area contributed by atoms with Gasteiger partial charge in [-0.15, -0.1) is 0 Å². The highest BCUT2D eigenvalue weighted by molar-refractivity contribution is 5.98. The molecule has 1 aromatic heterocycles. The van der Waals surface area contributed by atoms with Crippen LogP contribution in [-0.2, 0) is 0 Å². The quantitative estimate of drug-likeness (QED) is 0.643. The number of fused-ring (bicyclic) bond motifs is 1. The SMILES string of the molecule is Cc1ccc(C2CNNC2C2CCCN(C(=O)c3cc4ccccc4[nH]3)C2)cc1. The summed E-state index contributed by atoms with van der Waals surface area (Å²) in [5.74, 6) is 0.992. The third kappa shape index (κ3) is 3.56. The minimum Gasteiger partial charge on any atom is -0.351 e. The summed E-state index contributed by atoms with van der Waals surface area (Å²) >= 11 is 0. The third-order valence-corrected chi connectivity index (χ3v) is 6.54. The van der Waals surface area contributed by atoms with E-state index in [1.165, 1.54) is 11.1 Å². The molecule has 3 atom stereocenters. The summed E-state index contributed by atoms with van der Waals surface area (Å²) in [4.78, 5) is 18.5. The lowest BCUT2D eigenvalue weighted by molar-refractivity contribution is 0.0639. The Morgan fingerprint density at radius 1 is 1.10 bits per heavy atom. The summed E-state index contributed by atoms with van der Waals surface area (Å²) < 4.78 is 0. The number of likely N-dealkylation sites (tertiary alicyclic amines) is 1. The number of amides is 1. The van der Waals surface area contributed by atoms with Crippen LogP contribution < -0.4 is 10.9 Å². The maximum absolute atomic E-state index is 13.2. The Bertz CT molecular complexity index is 976. The molecule has 2 aliphatic rings. The van der Waals surface area contributed by atoms with E-state index < -0.39 is 0 Å². The number of hydrogen-bond donors (Lipinski definition) is 3. The number of carbonyl (C=O) groups excluding carboxylic acids is 1. The van der Waals surface area contributed by atoms with Gasteiger partial charge in [-0.05, 0) is 43.4 Å². The van der Waals surface area contributed by atoms with E-state index in [2.05, 4.69) is 47.0 Å². The second-order valence-electron chi connectivity index (χ2n) is 8.49. The lowest BCUT2D eigenvalue weighted by Crippen LogP contribution is -2.48. The number of hydrazine groups is 1. The molecule has 29 heavy (non-hydrogen) atoms. The van der Waals surface area contributed by atoms with Crippen molar-refractivity contribution in [2.24, 2.45) is 5.92 Å². The van der Waals surface area contributed by atoms with Crippen LogP contribution in [0.1, 0.15) is 40.4 Å². The fraction of sp³-hybridized carbons (Fsp3) is 0.375. The Hall–Kier alpha value is -2.63. The lowest BCUT2D eigenvalue weighted by Gasteiger charge is -2.37. The van der Waals surface area contributed by atoms with Gasteiger partial charge in [-0.1, -0.05) is 48.0 Å². The van der Waals surface area contributed by atoms with Crippen molar-refractivity contribution in [1.29, 1.82) is 0 Å². The van der Waals surface area contributed by atoms with Crippen molar-refractivity contribution < 1.29 is 4.79 Å². The highest BCUT2D eigenvalue weighted by atomic mass is 16.2. The molecule has 2 fully saturated rings. The van der Waals surface area contributed by atoms with Crippen LogP contribution in [0.4, 0.5) is 0 Å². The molecule has 0 spiro atoms. The number of para-hydroxylation sites is 1. The molecule has 5 heteroatoms. The molecule has 3 heterocycles. The number of nitrogens with zero attached hydrogens (tertiary/aromatic N) is 1. The van der Waals surface area contributed by atoms with Crippen molar-refractivity contribution in [3.8, 4) is 0 Å². The minimum atomic E-state index is 0.115. The van der Waals surface area contributed by atoms with Gasteiger partial charge in [0.25, 0.3) is 5.91 Å². The normalized spacial score (nSPS) is 24.9. The highest BCUT2D eigenvalue weighted by Gasteiger charge is 2.37. The molecule has 2 saturated heterocycles. The topological polar surface area (TPSA) is 60.2 Å². The molecular weight excluding hydrogens is 360 g/mol. The molecule has 0 bridgehead atoms. The van der Waals surface area contributed by atoms with Crippen LogP contribution in [0.2, 0.25) is 0 Å². The van der Waals surface area contributed by atoms with Crippen molar-refractivity contribution in [1.82, 2.24) is 20.7 Å². The fourth-order valence-electron chi connectivity index (χ4n) is 4.95. The Morgan fingerprint density at radius 2 is 1.93 bits per heavy atom. The third-order valence-electron chi connectivity index (χ3n) is 6.54. The van der Waals surface area contributed by atoms with Crippen LogP contribution in [0, 0.1) is 12.8 Å². The first-order chi connectivity index (χ1) is 14.2. The van der Waals surface area contributed by atoms with Gasteiger partial charge >= 0.3 is 0 Å². The number of aryl methyl sites for hydroxylation is 1. The summed E-state index contributed by atoms with van der Waals surface area (Å²) in [6.07, 6.45) is 2.20. The minimum absolute atomic E-state index is 0.115. The molecule has 3 N–H and O–H groups in total. The maximum atomic E-state index is 13.2. The van der Waals surface area contributed by atoms with Crippen LogP contribution in [-0.4, -0.2) is 41.5 Å². The Morgan fingerprint density at radius 3 is 2.76 bits per heavy atom. The summed E-state index contributed by atoms with van der Waals surface area (Å²) in [6.45, 7) is 4.69. The van der Waals surface area contributed by atoms with E-state index in [9.17, 15) is 4.79 Å². The summed E-state index contributed by atoms with van der Waals surface area (Å²) in [5.41, 5.74) is 11.3. The van der Waals surface area contributed by atoms with Crippen molar-refractivity contribution in [2.75, 3.05) is 19.6 Å². The number of piperidine rings is 1. The molecule has 3 unspecified atom stereocenters. The van der Waals surface area contributed by atoms with E-state index >= 15 is 0 Å². The summed E-state index contributed by atoms with van der Waals surface area (Å²) in [5, 5.41) is 1.09. The van der Waals surface area contributed by atoms with Gasteiger partial charge in [0.2, 0.25) is 0 Å². The van der Waals surface area contributed by atoms with E-state index in [1.54, 1.807) is 0 Å². The van der Waals surface area contributed by atoms with Crippen LogP contribution in [0.3, 0.4) is 0 Å². The van der Waals surface area contributed by atoms with Gasteiger partial charge in [-0.25, -0.2) is 0 Å². The predicted molar refractivity (Wildman–Crippen MR) is 116 cm³/mol. The Labute approximate surface area is 171 Å². The molecule has 5 rings (SSSR count). The smallest absolute Gasteiger partial charge is 0.270 e. The van der Waals surface area contributed by atoms with E-state index in [0.717, 1.165) is 43.4 Å². The van der Waals surface area contributed by atoms with Gasteiger partial charge < -0.3 is 9.88 Å². The van der Waals surface area contributed by atoms with Gasteiger partial charge in [-0.2, -0.15) is 0 Å². The molecular formula is C24H28N4O. The van der Waals surface area contributed by atoms with Crippen molar-refractivity contribution >= 4 is 16.8 Å². The molecule has 5 nitrogen and oxygen atoms in total. The number of H-pyrrole nitrogens is 1. The number of rotatable bonds is 3. The largest absolute Gasteiger partial charge is 0.351 e. The molecule has 0 radical (unpaired) electrons. The second-order valence-corrected chi connectivity index (χ2v) is 8.49. The van der Waals surface area contributed by atoms with Crippen LogP contribution in [0.5, 0.6) is 0 Å². The maximum Gasteiger partial charge on any atom is 0.270 e. The van der Waals surface area contributed by atoms with E-state index in [0.29, 0.717) is 23.6 Å². The van der Waals surface area contributed by atoms with Gasteiger partial charge in [-0.3, -0.25) is 15.6 Å². The van der Waals surface area contributed by atoms with Crippen molar-refractivity contribution in [3.63, 3.8) is 0 Å². The fourth-order valence-corrected chi connectivity index (χ4v) is 4.95. The molecule has 2 aliphatic heterocycles. The Kier molecular flexibility index (Phi) is 4.86. The van der Waals surface area contributed by atoms with Gasteiger partial charge in [0.15, 0.2) is 0 Å². The molecule has 0 saturated carbocycles. The number of nitrogens with one attached hydrogen (secondary N) is 3. The lowest BCUT2D eigenvalue weighted by atomic mass is 9.81. The summed E-state index contributed by atoms with van der Waals surface area (Å²) in [6, 6.07) is 19.3. The predicted octanol–water partition coefficient (Wildman–Crippen LogP) is 3.59. The van der Waals surface area contributed by atoms with Gasteiger partial charge in [0, 0.05) is 42.5 Å². The van der Waals surface area contributed by atoms with Crippen molar-refractivity contribution in [2.45, 2.75) is 31.7 Å². The molecule has 1 amide bonds. The Balaban J connectivity index is 1.33. The standard InChI is InChI=1S/C24H28N4O/c1-16-8-10-17(11-9-16)20-14-25-27-23(20)19-6-4-12-28(15-19)24(29)22-13-18-5-2-3-7-21(18)26-22/h2-3,5,7-11,13,19-20,23,25-27H,4,6,12,14-15H2,1H3. The van der Waals surface area contributed by atoms with Gasteiger partial charge in [0.1, 0.15) is 5.69 Å². The highest BCUT2D eigenvalue weighted by Crippen LogP contribution is 2.32. The van der Waals surface area contributed by atoms with E-state index in [1.807, 2.05) is 35.2 Å². The zero-order valence-corrected chi connectivity index (χ0v) is 16.8. The van der Waals surface area contributed by atoms with E-state index in [-0.39, 0.29) is 5.91 Å². The number of benzene rings is 2. The molecule has 3 aromatic rings. The molecule has 150 valence electrons. The molecule has 0 aliphatic carbocycles. The van der Waals surface area contributed by atoms with Crippen molar-refractivity contribution in [3.05, 3.63) is 71.4 Å². The van der Waals surface area contributed by atoms with Crippen LogP contribution in [0.25, 0.3) is 10.9 Å². The molecule has 2 aromatic carbocycles. The van der Waals surface area contributed by atoms with Crippen LogP contribution in [0.15, 0.2) is 54.6 Å². The zero-order valence-electron chi connectivity index (χ0n) is 16.8. The average molecular weight is 389 g/mol. The number of aromatic nitrogens is 1. The van der Waals surface area contributed by atoms with Crippen LogP contribution >= 0.6 is 0 Å². The number of aromatic amines is 1. The first kappa shape index (κ1) is 18.4. The summed E-state index contributed by atoms with van der Waals surface area (Å²) in [7, 11) is 0. The monoisotopic (exact) mass is 388 g/mol.